The minimum absolute atomic E-state index is 0.101. The van der Waals surface area contributed by atoms with Gasteiger partial charge in [0.2, 0.25) is 17.7 Å². The molecule has 3 aliphatic rings. The topological polar surface area (TPSA) is 168 Å². The molecule has 1 saturated carbocycles. The number of ether oxygens (including phenoxy) is 1. The van der Waals surface area contributed by atoms with Gasteiger partial charge in [-0.15, -0.1) is 0 Å². The van der Waals surface area contributed by atoms with Crippen molar-refractivity contribution in [2.45, 2.75) is 142 Å². The van der Waals surface area contributed by atoms with Gasteiger partial charge in [0, 0.05) is 19.1 Å². The molecule has 0 aromatic heterocycles. The zero-order valence-electron chi connectivity index (χ0n) is 26.7. The molecule has 4 N–H and O–H groups in total. The molecule has 3 rings (SSSR count). The van der Waals surface area contributed by atoms with Gasteiger partial charge in [0.25, 0.3) is 0 Å². The Kier molecular flexibility index (Phi) is 11.9. The number of rotatable bonds is 14. The Hall–Kier alpha value is -2.41. The number of amides is 4. The van der Waals surface area contributed by atoms with Crippen molar-refractivity contribution in [2.24, 2.45) is 17.1 Å². The molecule has 13 heteroatoms. The van der Waals surface area contributed by atoms with Crippen LogP contribution in [-0.2, 0) is 29.3 Å². The summed E-state index contributed by atoms with van der Waals surface area (Å²) in [7, 11) is -3.83. The third-order valence-electron chi connectivity index (χ3n) is 9.10. The van der Waals surface area contributed by atoms with Crippen LogP contribution in [0.3, 0.4) is 0 Å². The molecule has 2 saturated heterocycles. The van der Waals surface area contributed by atoms with E-state index in [1.54, 1.807) is 20.8 Å². The van der Waals surface area contributed by atoms with Crippen LogP contribution in [0.5, 0.6) is 0 Å². The smallest absolute Gasteiger partial charge is 0.408 e. The van der Waals surface area contributed by atoms with Crippen molar-refractivity contribution < 1.29 is 32.3 Å². The van der Waals surface area contributed by atoms with Crippen molar-refractivity contribution in [2.75, 3.05) is 13.1 Å². The Morgan fingerprint density at radius 2 is 1.67 bits per heavy atom. The number of unbranched alkanes of at least 4 members (excludes halogenated alkanes) is 4. The number of primary amides is 1. The minimum atomic E-state index is -3.83. The first kappa shape index (κ1) is 35.1. The molecule has 5 unspecified atom stereocenters. The lowest BCUT2D eigenvalue weighted by Gasteiger charge is -2.32. The number of likely N-dealkylation sites (tertiary alicyclic amines) is 1. The highest BCUT2D eigenvalue weighted by Gasteiger charge is 2.56. The number of nitrogens with zero attached hydrogens (tertiary/aromatic N) is 2. The van der Waals surface area contributed by atoms with Crippen LogP contribution in [0.4, 0.5) is 4.79 Å². The van der Waals surface area contributed by atoms with Gasteiger partial charge in [0.15, 0.2) is 0 Å². The molecule has 246 valence electrons. The van der Waals surface area contributed by atoms with E-state index in [2.05, 4.69) is 10.0 Å². The lowest BCUT2D eigenvalue weighted by atomic mass is 10.0. The van der Waals surface area contributed by atoms with E-state index in [1.165, 1.54) is 9.21 Å². The van der Waals surface area contributed by atoms with E-state index in [-0.39, 0.29) is 17.9 Å². The molecule has 3 fully saturated rings. The minimum Gasteiger partial charge on any atom is -0.444 e. The molecule has 1 aliphatic carbocycles. The Labute approximate surface area is 257 Å². The number of piperidine rings is 1. The summed E-state index contributed by atoms with van der Waals surface area (Å²) in [6, 6.07) is -1.56. The van der Waals surface area contributed by atoms with Gasteiger partial charge in [0.05, 0.1) is 5.41 Å². The van der Waals surface area contributed by atoms with Crippen molar-refractivity contribution in [1.29, 1.82) is 0 Å². The van der Waals surface area contributed by atoms with Gasteiger partial charge >= 0.3 is 16.3 Å². The van der Waals surface area contributed by atoms with Crippen LogP contribution >= 0.6 is 0 Å². The number of alkyl carbamates (subject to hydrolysis) is 1. The molecule has 12 nitrogen and oxygen atoms in total. The highest BCUT2D eigenvalue weighted by atomic mass is 32.2. The average molecular weight is 628 g/mol. The molecule has 0 spiro atoms. The van der Waals surface area contributed by atoms with Gasteiger partial charge in [-0.2, -0.15) is 12.7 Å². The first-order valence-corrected chi connectivity index (χ1v) is 17.4. The lowest BCUT2D eigenvalue weighted by molar-refractivity contribution is -0.139. The molecule has 2 aliphatic heterocycles. The van der Waals surface area contributed by atoms with Gasteiger partial charge in [-0.05, 0) is 78.6 Å². The van der Waals surface area contributed by atoms with E-state index in [0.717, 1.165) is 51.4 Å². The molecule has 43 heavy (non-hydrogen) atoms. The fraction of sp³-hybridized carbons (Fsp3) is 0.867. The predicted octanol–water partition coefficient (Wildman–Crippen LogP) is 3.35. The van der Waals surface area contributed by atoms with Gasteiger partial charge < -0.3 is 20.7 Å². The Morgan fingerprint density at radius 1 is 1.00 bits per heavy atom. The van der Waals surface area contributed by atoms with E-state index in [0.29, 0.717) is 45.2 Å². The summed E-state index contributed by atoms with van der Waals surface area (Å²) in [5, 5.41) is 2.71. The normalized spacial score (nSPS) is 26.9. The third kappa shape index (κ3) is 9.79. The number of nitrogens with one attached hydrogen (secondary N) is 2. The van der Waals surface area contributed by atoms with Gasteiger partial charge in [-0.25, -0.2) is 9.52 Å². The number of hydrogen-bond acceptors (Lipinski definition) is 7. The summed E-state index contributed by atoms with van der Waals surface area (Å²) in [5.74, 6) is -1.08. The van der Waals surface area contributed by atoms with Crippen LogP contribution in [-0.4, -0.2) is 78.3 Å². The monoisotopic (exact) mass is 627 g/mol. The fourth-order valence-corrected chi connectivity index (χ4v) is 7.91. The summed E-state index contributed by atoms with van der Waals surface area (Å²) in [6.45, 7) is 9.86. The molecule has 0 aromatic rings. The maximum absolute atomic E-state index is 13.3. The van der Waals surface area contributed by atoms with Crippen LogP contribution in [0.25, 0.3) is 0 Å². The average Bonchev–Trinajstić information content (AvgIpc) is 3.32. The molecule has 0 aromatic carbocycles. The van der Waals surface area contributed by atoms with Crippen molar-refractivity contribution in [3.05, 3.63) is 0 Å². The van der Waals surface area contributed by atoms with Gasteiger partial charge in [0.1, 0.15) is 17.7 Å². The van der Waals surface area contributed by atoms with E-state index in [9.17, 15) is 27.6 Å². The second-order valence-corrected chi connectivity index (χ2v) is 15.5. The van der Waals surface area contributed by atoms with Crippen molar-refractivity contribution in [1.82, 2.24) is 19.2 Å². The molecule has 0 bridgehead atoms. The number of carbonyl (C=O) groups excluding carboxylic acids is 4. The maximum Gasteiger partial charge on any atom is 0.408 e. The first-order chi connectivity index (χ1) is 20.0. The molecular weight excluding hydrogens is 574 g/mol. The summed E-state index contributed by atoms with van der Waals surface area (Å²) in [5.41, 5.74) is 4.15. The Bertz CT molecular complexity index is 1120. The van der Waals surface area contributed by atoms with Crippen LogP contribution in [0.2, 0.25) is 0 Å². The number of nitrogens with two attached hydrogens (primary N) is 1. The van der Waals surface area contributed by atoms with Gasteiger partial charge in [-0.3, -0.25) is 14.4 Å². The lowest BCUT2D eigenvalue weighted by Crippen LogP contribution is -2.53. The van der Waals surface area contributed by atoms with E-state index >= 15 is 0 Å². The number of hydrogen-bond donors (Lipinski definition) is 3. The fourth-order valence-electron chi connectivity index (χ4n) is 6.38. The van der Waals surface area contributed by atoms with Crippen LogP contribution in [0.1, 0.15) is 118 Å². The van der Waals surface area contributed by atoms with Crippen molar-refractivity contribution in [3.63, 3.8) is 0 Å². The zero-order chi connectivity index (χ0) is 32.0. The quantitative estimate of drug-likeness (QED) is 0.248. The largest absolute Gasteiger partial charge is 0.444 e. The Balaban J connectivity index is 1.40. The van der Waals surface area contributed by atoms with Crippen LogP contribution in [0, 0.1) is 11.3 Å². The second kappa shape index (κ2) is 14.6. The van der Waals surface area contributed by atoms with E-state index < -0.39 is 51.2 Å². The zero-order valence-corrected chi connectivity index (χ0v) is 27.5. The van der Waals surface area contributed by atoms with E-state index in [4.69, 9.17) is 10.5 Å². The summed E-state index contributed by atoms with van der Waals surface area (Å²) < 4.78 is 34.7. The first-order valence-electron chi connectivity index (χ1n) is 16.0. The van der Waals surface area contributed by atoms with Crippen molar-refractivity contribution in [3.8, 4) is 0 Å². The second-order valence-electron chi connectivity index (χ2n) is 13.8. The molecular formula is C30H53N5O7S. The summed E-state index contributed by atoms with van der Waals surface area (Å²) in [4.78, 5) is 52.0. The van der Waals surface area contributed by atoms with Gasteiger partial charge in [-0.1, -0.05) is 45.4 Å². The van der Waals surface area contributed by atoms with E-state index in [1.807, 2.05) is 13.8 Å². The molecule has 4 amide bonds. The molecule has 5 atom stereocenters. The summed E-state index contributed by atoms with van der Waals surface area (Å²) in [6.07, 6.45) is 9.49. The van der Waals surface area contributed by atoms with Crippen LogP contribution in [0.15, 0.2) is 0 Å². The highest BCUT2D eigenvalue weighted by Crippen LogP contribution is 2.55. The maximum atomic E-state index is 13.3. The Morgan fingerprint density at radius 3 is 2.33 bits per heavy atom. The molecule has 0 radical (unpaired) electrons. The highest BCUT2D eigenvalue weighted by molar-refractivity contribution is 7.87. The summed E-state index contributed by atoms with van der Waals surface area (Å²) >= 11 is 0. The number of carbonyl (C=O) groups is 4. The third-order valence-corrected chi connectivity index (χ3v) is 10.7. The van der Waals surface area contributed by atoms with Crippen molar-refractivity contribution >= 4 is 34.0 Å². The SMILES string of the molecule is CC1CCCCN1S(=O)(=O)NC(=O)C1(C)CC1CCCCCCCC(NC(=O)OC(C)(C)C)C(=O)N1CCCC1C(N)=O. The van der Waals surface area contributed by atoms with Crippen LogP contribution < -0.4 is 15.8 Å². The predicted molar refractivity (Wildman–Crippen MR) is 163 cm³/mol. The standard InChI is InChI=1S/C30H53N5O7S/c1-21-14-11-12-19-35(21)43(40,41)33-27(38)30(5)20-22(30)15-9-7-6-8-10-16-23(32-28(39)42-29(2,3)4)26(37)34-18-13-17-24(34)25(31)36/h21-24H,6-20H2,1-5H3,(H2,31,36)(H,32,39)(H,33,38). The molecule has 2 heterocycles.